The number of ether oxygens (including phenoxy) is 2. The number of halogens is 1. The van der Waals surface area contributed by atoms with Gasteiger partial charge in [-0.1, -0.05) is 19.1 Å². The van der Waals surface area contributed by atoms with Gasteiger partial charge in [0.2, 0.25) is 5.91 Å². The molecule has 7 nitrogen and oxygen atoms in total. The second-order valence-electron chi connectivity index (χ2n) is 6.60. The van der Waals surface area contributed by atoms with Crippen molar-refractivity contribution in [1.82, 2.24) is 4.90 Å². The molecule has 0 aliphatic carbocycles. The van der Waals surface area contributed by atoms with Crippen LogP contribution in [0.4, 0.5) is 10.5 Å². The lowest BCUT2D eigenvalue weighted by atomic mass is 10.1. The van der Waals surface area contributed by atoms with E-state index in [4.69, 9.17) is 9.47 Å². The van der Waals surface area contributed by atoms with Gasteiger partial charge in [0.25, 0.3) is 11.1 Å². The van der Waals surface area contributed by atoms with Gasteiger partial charge in [-0.05, 0) is 75.6 Å². The zero-order valence-electron chi connectivity index (χ0n) is 17.2. The first-order chi connectivity index (χ1) is 14.9. The van der Waals surface area contributed by atoms with Crippen molar-refractivity contribution >= 4 is 56.5 Å². The van der Waals surface area contributed by atoms with E-state index in [9.17, 15) is 14.4 Å². The molecular formula is C22H21BrN2O5S. The predicted molar refractivity (Wildman–Crippen MR) is 124 cm³/mol. The smallest absolute Gasteiger partial charge is 0.294 e. The predicted octanol–water partition coefficient (Wildman–Crippen LogP) is 4.70. The van der Waals surface area contributed by atoms with E-state index in [1.807, 2.05) is 19.1 Å². The van der Waals surface area contributed by atoms with Crippen LogP contribution in [-0.4, -0.2) is 42.7 Å². The first-order valence-corrected chi connectivity index (χ1v) is 11.0. The number of imide groups is 1. The maximum absolute atomic E-state index is 12.7. The second-order valence-corrected chi connectivity index (χ2v) is 8.45. The van der Waals surface area contributed by atoms with Crippen molar-refractivity contribution in [3.05, 3.63) is 56.9 Å². The Morgan fingerprint density at radius 2 is 1.87 bits per heavy atom. The molecule has 9 heteroatoms. The Balaban J connectivity index is 1.73. The van der Waals surface area contributed by atoms with Gasteiger partial charge < -0.3 is 14.8 Å². The zero-order valence-corrected chi connectivity index (χ0v) is 19.6. The molecule has 0 atom stereocenters. The number of nitrogens with zero attached hydrogens (tertiary/aromatic N) is 1. The SMILES string of the molecule is CCc1ccc(NC(=O)CN2C(=O)S/C(=C/c3cc(Br)c(OC)c(OC)c3)C2=O)cc1. The van der Waals surface area contributed by atoms with E-state index in [1.165, 1.54) is 14.2 Å². The summed E-state index contributed by atoms with van der Waals surface area (Å²) in [4.78, 5) is 38.6. The molecule has 3 rings (SSSR count). The molecule has 1 aliphatic heterocycles. The Kier molecular flexibility index (Phi) is 7.40. The maximum Gasteiger partial charge on any atom is 0.294 e. The molecule has 0 spiro atoms. The van der Waals surface area contributed by atoms with Gasteiger partial charge in [0, 0.05) is 5.69 Å². The van der Waals surface area contributed by atoms with Crippen molar-refractivity contribution in [2.45, 2.75) is 13.3 Å². The van der Waals surface area contributed by atoms with Gasteiger partial charge in [0.05, 0.1) is 23.6 Å². The highest BCUT2D eigenvalue weighted by atomic mass is 79.9. The summed E-state index contributed by atoms with van der Waals surface area (Å²) in [6.45, 7) is 1.69. The van der Waals surface area contributed by atoms with E-state index < -0.39 is 17.1 Å². The molecular weight excluding hydrogens is 484 g/mol. The minimum absolute atomic E-state index is 0.226. The third kappa shape index (κ3) is 5.29. The number of rotatable bonds is 7. The molecule has 1 heterocycles. The molecule has 3 amide bonds. The number of aryl methyl sites for hydroxylation is 1. The van der Waals surface area contributed by atoms with Gasteiger partial charge >= 0.3 is 0 Å². The Labute approximate surface area is 192 Å². The molecule has 0 aromatic heterocycles. The van der Waals surface area contributed by atoms with Crippen LogP contribution in [0, 0.1) is 0 Å². The fourth-order valence-corrected chi connectivity index (χ4v) is 4.44. The highest BCUT2D eigenvalue weighted by Gasteiger charge is 2.36. The normalized spacial score (nSPS) is 14.8. The average Bonchev–Trinajstić information content (AvgIpc) is 3.01. The van der Waals surface area contributed by atoms with Gasteiger partial charge in [0.15, 0.2) is 11.5 Å². The molecule has 1 saturated heterocycles. The Bertz CT molecular complexity index is 1050. The third-order valence-corrected chi connectivity index (χ3v) is 6.07. The van der Waals surface area contributed by atoms with Gasteiger partial charge in [-0.2, -0.15) is 0 Å². The Hall–Kier alpha value is -2.78. The fraction of sp³-hybridized carbons (Fsp3) is 0.227. The minimum Gasteiger partial charge on any atom is -0.493 e. The zero-order chi connectivity index (χ0) is 22.5. The number of carbonyl (C=O) groups is 3. The number of carbonyl (C=O) groups excluding carboxylic acids is 3. The Morgan fingerprint density at radius 3 is 2.48 bits per heavy atom. The molecule has 31 heavy (non-hydrogen) atoms. The number of anilines is 1. The van der Waals surface area contributed by atoms with E-state index in [2.05, 4.69) is 21.2 Å². The van der Waals surface area contributed by atoms with Crippen LogP contribution in [0.5, 0.6) is 11.5 Å². The molecule has 0 bridgehead atoms. The van der Waals surface area contributed by atoms with E-state index in [0.717, 1.165) is 28.6 Å². The van der Waals surface area contributed by atoms with Crippen molar-refractivity contribution in [2.75, 3.05) is 26.1 Å². The van der Waals surface area contributed by atoms with Crippen LogP contribution in [0.1, 0.15) is 18.1 Å². The van der Waals surface area contributed by atoms with E-state index in [0.29, 0.717) is 27.2 Å². The number of benzene rings is 2. The van der Waals surface area contributed by atoms with E-state index >= 15 is 0 Å². The largest absolute Gasteiger partial charge is 0.493 e. The fourth-order valence-electron chi connectivity index (χ4n) is 2.98. The standard InChI is InChI=1S/C22H21BrN2O5S/c1-4-13-5-7-15(8-6-13)24-19(26)12-25-21(27)18(31-22(25)28)11-14-9-16(23)20(30-3)17(10-14)29-2/h5-11H,4,12H2,1-3H3,(H,24,26)/b18-11+. The monoisotopic (exact) mass is 504 g/mol. The van der Waals surface area contributed by atoms with Crippen molar-refractivity contribution in [3.63, 3.8) is 0 Å². The number of hydrogen-bond donors (Lipinski definition) is 1. The van der Waals surface area contributed by atoms with E-state index in [-0.39, 0.29) is 11.4 Å². The summed E-state index contributed by atoms with van der Waals surface area (Å²) in [6.07, 6.45) is 2.48. The minimum atomic E-state index is -0.516. The van der Waals surface area contributed by atoms with Crippen LogP contribution >= 0.6 is 27.7 Å². The summed E-state index contributed by atoms with van der Waals surface area (Å²) in [5.74, 6) is 0.0475. The number of hydrogen-bond acceptors (Lipinski definition) is 6. The maximum atomic E-state index is 12.7. The van der Waals surface area contributed by atoms with Crippen LogP contribution in [0.2, 0.25) is 0 Å². The molecule has 0 radical (unpaired) electrons. The second kappa shape index (κ2) is 10.0. The highest BCUT2D eigenvalue weighted by molar-refractivity contribution is 9.10. The third-order valence-electron chi connectivity index (χ3n) is 4.57. The van der Waals surface area contributed by atoms with Crippen LogP contribution in [0.15, 0.2) is 45.8 Å². The lowest BCUT2D eigenvalue weighted by Crippen LogP contribution is -2.36. The van der Waals surface area contributed by atoms with Crippen LogP contribution in [0.25, 0.3) is 6.08 Å². The van der Waals surface area contributed by atoms with Crippen LogP contribution < -0.4 is 14.8 Å². The van der Waals surface area contributed by atoms with Crippen LogP contribution in [0.3, 0.4) is 0 Å². The number of methoxy groups -OCH3 is 2. The highest BCUT2D eigenvalue weighted by Crippen LogP contribution is 2.38. The van der Waals surface area contributed by atoms with Crippen molar-refractivity contribution < 1.29 is 23.9 Å². The molecule has 2 aromatic carbocycles. The molecule has 1 fully saturated rings. The lowest BCUT2D eigenvalue weighted by molar-refractivity contribution is -0.127. The molecule has 0 unspecified atom stereocenters. The van der Waals surface area contributed by atoms with Crippen molar-refractivity contribution in [2.24, 2.45) is 0 Å². The topological polar surface area (TPSA) is 84.9 Å². The summed E-state index contributed by atoms with van der Waals surface area (Å²) < 4.78 is 11.2. The van der Waals surface area contributed by atoms with Crippen molar-refractivity contribution in [3.8, 4) is 11.5 Å². The number of nitrogens with one attached hydrogen (secondary N) is 1. The molecule has 0 saturated carbocycles. The van der Waals surface area contributed by atoms with Crippen molar-refractivity contribution in [1.29, 1.82) is 0 Å². The van der Waals surface area contributed by atoms with Crippen LogP contribution in [-0.2, 0) is 16.0 Å². The summed E-state index contributed by atoms with van der Waals surface area (Å²) in [5, 5.41) is 2.22. The van der Waals surface area contributed by atoms with Gasteiger partial charge in [-0.15, -0.1) is 0 Å². The molecule has 1 N–H and O–H groups in total. The van der Waals surface area contributed by atoms with Gasteiger partial charge in [-0.25, -0.2) is 0 Å². The summed E-state index contributed by atoms with van der Waals surface area (Å²) >= 11 is 4.19. The number of amides is 3. The lowest BCUT2D eigenvalue weighted by Gasteiger charge is -2.13. The van der Waals surface area contributed by atoms with Gasteiger partial charge in [-0.3, -0.25) is 19.3 Å². The van der Waals surface area contributed by atoms with Gasteiger partial charge in [0.1, 0.15) is 6.54 Å². The first-order valence-electron chi connectivity index (χ1n) is 9.42. The molecule has 162 valence electrons. The Morgan fingerprint density at radius 1 is 1.16 bits per heavy atom. The summed E-state index contributed by atoms with van der Waals surface area (Å²) in [6, 6.07) is 10.9. The average molecular weight is 505 g/mol. The summed E-state index contributed by atoms with van der Waals surface area (Å²) in [7, 11) is 3.03. The molecule has 2 aromatic rings. The molecule has 1 aliphatic rings. The summed E-state index contributed by atoms with van der Waals surface area (Å²) in [5.41, 5.74) is 2.41. The number of thioether (sulfide) groups is 1. The quantitative estimate of drug-likeness (QED) is 0.549. The first kappa shape index (κ1) is 22.9. The van der Waals surface area contributed by atoms with E-state index in [1.54, 1.807) is 30.3 Å².